The summed E-state index contributed by atoms with van der Waals surface area (Å²) < 4.78 is 168. The second kappa shape index (κ2) is 6.41. The Morgan fingerprint density at radius 1 is 0.583 bits per heavy atom. The molecule has 0 aliphatic rings. The van der Waals surface area contributed by atoms with Crippen molar-refractivity contribution in [2.45, 2.75) is 49.1 Å². The average Bonchev–Trinajstić information content (AvgIpc) is 2.36. The summed E-state index contributed by atoms with van der Waals surface area (Å²) in [6.45, 7) is -0.584. The highest BCUT2D eigenvalue weighted by atomic mass is 19.4. The van der Waals surface area contributed by atoms with Gasteiger partial charge in [0.1, 0.15) is 0 Å². The quantitative estimate of drug-likeness (QED) is 0.410. The van der Waals surface area contributed by atoms with E-state index in [-0.39, 0.29) is 6.61 Å². The minimum absolute atomic E-state index is 0.375. The van der Waals surface area contributed by atoms with Crippen LogP contribution >= 0.6 is 0 Å². The largest absolute Gasteiger partial charge is 0.460 e. The summed E-state index contributed by atoms with van der Waals surface area (Å²) in [5.41, 5.74) is 0. The van der Waals surface area contributed by atoms with Gasteiger partial charge in [-0.15, -0.1) is 0 Å². The van der Waals surface area contributed by atoms with E-state index in [1.807, 2.05) is 0 Å². The molecule has 0 aromatic carbocycles. The Bertz CT molecular complexity index is 425. The molecule has 0 aliphatic carbocycles. The fourth-order valence-electron chi connectivity index (χ4n) is 1.30. The van der Waals surface area contributed by atoms with Crippen LogP contribution in [0.5, 0.6) is 0 Å². The minimum Gasteiger partial charge on any atom is -0.382 e. The molecule has 1 nitrogen and oxygen atoms in total. The highest BCUT2D eigenvalue weighted by Crippen LogP contribution is 2.60. The molecular weight excluding hydrogens is 383 g/mol. The van der Waals surface area contributed by atoms with Gasteiger partial charge in [0, 0.05) is 13.0 Å². The van der Waals surface area contributed by atoms with Gasteiger partial charge in [-0.2, -0.15) is 57.1 Å². The number of hydrogen-bond acceptors (Lipinski definition) is 1. The Labute approximate surface area is 125 Å². The Balaban J connectivity index is 5.92. The second-order valence-corrected chi connectivity index (χ2v) is 4.45. The Morgan fingerprint density at radius 2 is 0.958 bits per heavy atom. The van der Waals surface area contributed by atoms with Gasteiger partial charge in [-0.3, -0.25) is 0 Å². The first-order valence-corrected chi connectivity index (χ1v) is 5.84. The molecule has 24 heavy (non-hydrogen) atoms. The summed E-state index contributed by atoms with van der Waals surface area (Å²) in [5.74, 6) is -36.6. The summed E-state index contributed by atoms with van der Waals surface area (Å²) >= 11 is 0. The van der Waals surface area contributed by atoms with E-state index in [1.54, 1.807) is 0 Å². The molecule has 0 rings (SSSR count). The van der Waals surface area contributed by atoms with Crippen LogP contribution in [0, 0.1) is 0 Å². The molecule has 0 aliphatic heterocycles. The number of hydrogen-bond donors (Lipinski definition) is 0. The molecule has 0 atom stereocenters. The maximum Gasteiger partial charge on any atom is 0.460 e. The van der Waals surface area contributed by atoms with Gasteiger partial charge in [0.15, 0.2) is 0 Å². The smallest absolute Gasteiger partial charge is 0.382 e. The molecule has 14 heteroatoms. The van der Waals surface area contributed by atoms with Gasteiger partial charge in [-0.1, -0.05) is 0 Å². The molecule has 0 N–H and O–H groups in total. The highest BCUT2D eigenvalue weighted by molar-refractivity contribution is 5.10. The van der Waals surface area contributed by atoms with E-state index in [2.05, 4.69) is 4.74 Å². The first-order valence-electron chi connectivity index (χ1n) is 5.84. The minimum atomic E-state index is -7.85. The van der Waals surface area contributed by atoms with E-state index in [1.165, 1.54) is 0 Å². The summed E-state index contributed by atoms with van der Waals surface area (Å²) in [7, 11) is 0. The number of halogens is 13. The van der Waals surface area contributed by atoms with Crippen LogP contribution in [0.15, 0.2) is 0 Å². The zero-order valence-electron chi connectivity index (χ0n) is 11.4. The molecule has 0 aromatic rings. The summed E-state index contributed by atoms with van der Waals surface area (Å²) in [4.78, 5) is 0. The van der Waals surface area contributed by atoms with Crippen LogP contribution in [0.2, 0.25) is 0 Å². The van der Waals surface area contributed by atoms with Crippen LogP contribution in [0.25, 0.3) is 0 Å². The summed E-state index contributed by atoms with van der Waals surface area (Å²) in [6, 6.07) is 0. The first-order chi connectivity index (χ1) is 10.3. The van der Waals surface area contributed by atoms with E-state index in [0.717, 1.165) is 6.92 Å². The van der Waals surface area contributed by atoms with Crippen molar-refractivity contribution in [3.63, 3.8) is 0 Å². The van der Waals surface area contributed by atoms with E-state index >= 15 is 0 Å². The maximum atomic E-state index is 13.1. The van der Waals surface area contributed by atoms with Crippen molar-refractivity contribution >= 4 is 0 Å². The highest BCUT2D eigenvalue weighted by Gasteiger charge is 2.90. The van der Waals surface area contributed by atoms with E-state index in [0.29, 0.717) is 0 Å². The van der Waals surface area contributed by atoms with Gasteiger partial charge >= 0.3 is 35.8 Å². The van der Waals surface area contributed by atoms with Crippen molar-refractivity contribution in [1.29, 1.82) is 0 Å². The topological polar surface area (TPSA) is 9.23 Å². The van der Waals surface area contributed by atoms with Crippen molar-refractivity contribution in [2.24, 2.45) is 0 Å². The van der Waals surface area contributed by atoms with Crippen LogP contribution in [-0.4, -0.2) is 49.0 Å². The Kier molecular flexibility index (Phi) is 6.15. The molecule has 0 heterocycles. The molecule has 0 bridgehead atoms. The van der Waals surface area contributed by atoms with Crippen molar-refractivity contribution in [2.75, 3.05) is 13.2 Å². The molecule has 0 aromatic heterocycles. The SMILES string of the molecule is CCOCCC(F)(F)C(F)(F)C(F)(F)C(F)(F)C(F)(F)C(F)(F)F. The second-order valence-electron chi connectivity index (χ2n) is 4.45. The normalized spacial score (nSPS) is 15.8. The van der Waals surface area contributed by atoms with Gasteiger partial charge in [0.05, 0.1) is 6.61 Å². The number of alkyl halides is 13. The number of ether oxygens (including phenoxy) is 1. The van der Waals surface area contributed by atoms with Gasteiger partial charge in [-0.05, 0) is 6.92 Å². The van der Waals surface area contributed by atoms with Gasteiger partial charge < -0.3 is 4.74 Å². The summed E-state index contributed by atoms with van der Waals surface area (Å²) in [6.07, 6.45) is -9.71. The summed E-state index contributed by atoms with van der Waals surface area (Å²) in [5, 5.41) is 0. The van der Waals surface area contributed by atoms with Crippen molar-refractivity contribution in [3.8, 4) is 0 Å². The molecule has 0 fully saturated rings. The van der Waals surface area contributed by atoms with Crippen LogP contribution in [0.4, 0.5) is 57.1 Å². The molecule has 0 unspecified atom stereocenters. The third-order valence-electron chi connectivity index (χ3n) is 2.76. The predicted octanol–water partition coefficient (Wildman–Crippen LogP) is 5.15. The monoisotopic (exact) mass is 392 g/mol. The molecule has 146 valence electrons. The van der Waals surface area contributed by atoms with Crippen LogP contribution < -0.4 is 0 Å². The average molecular weight is 392 g/mol. The molecule has 0 spiro atoms. The lowest BCUT2D eigenvalue weighted by Gasteiger charge is -2.39. The van der Waals surface area contributed by atoms with Crippen LogP contribution in [0.3, 0.4) is 0 Å². The number of rotatable bonds is 8. The van der Waals surface area contributed by atoms with Gasteiger partial charge in [0.25, 0.3) is 0 Å². The van der Waals surface area contributed by atoms with Crippen LogP contribution in [0.1, 0.15) is 13.3 Å². The first kappa shape index (κ1) is 23.1. The zero-order chi connectivity index (χ0) is 19.8. The lowest BCUT2D eigenvalue weighted by atomic mass is 9.93. The molecule has 0 amide bonds. The zero-order valence-corrected chi connectivity index (χ0v) is 11.4. The predicted molar refractivity (Wildman–Crippen MR) is 51.9 cm³/mol. The van der Waals surface area contributed by atoms with E-state index in [4.69, 9.17) is 0 Å². The van der Waals surface area contributed by atoms with E-state index in [9.17, 15) is 57.1 Å². The van der Waals surface area contributed by atoms with Gasteiger partial charge in [-0.25, -0.2) is 0 Å². The molecule has 0 saturated carbocycles. The Morgan fingerprint density at radius 3 is 1.29 bits per heavy atom. The Hall–Kier alpha value is -0.950. The van der Waals surface area contributed by atoms with E-state index < -0.39 is 48.8 Å². The third kappa shape index (κ3) is 3.38. The van der Waals surface area contributed by atoms with Crippen molar-refractivity contribution in [3.05, 3.63) is 0 Å². The molecule has 0 saturated heterocycles. The maximum absolute atomic E-state index is 13.1. The fraction of sp³-hybridized carbons (Fsp3) is 1.00. The fourth-order valence-corrected chi connectivity index (χ4v) is 1.30. The van der Waals surface area contributed by atoms with Crippen LogP contribution in [-0.2, 0) is 4.74 Å². The third-order valence-corrected chi connectivity index (χ3v) is 2.76. The molecule has 0 radical (unpaired) electrons. The van der Waals surface area contributed by atoms with Crippen molar-refractivity contribution in [1.82, 2.24) is 0 Å². The molecular formula is C10H9F13O. The standard InChI is InChI=1S/C10H9F13O/c1-2-24-4-3-5(11,12)6(13,14)7(15,16)8(17,18)9(19,20)10(21,22)23/h2-4H2,1H3. The van der Waals surface area contributed by atoms with Gasteiger partial charge in [0.2, 0.25) is 0 Å². The van der Waals surface area contributed by atoms with Crippen molar-refractivity contribution < 1.29 is 61.8 Å². The lowest BCUT2D eigenvalue weighted by Crippen LogP contribution is -2.70. The lowest BCUT2D eigenvalue weighted by molar-refractivity contribution is -0.440.